The summed E-state index contributed by atoms with van der Waals surface area (Å²) >= 11 is 0. The van der Waals surface area contributed by atoms with E-state index in [1.54, 1.807) is 32.9 Å². The van der Waals surface area contributed by atoms with Gasteiger partial charge in [0.1, 0.15) is 5.84 Å². The third-order valence-electron chi connectivity index (χ3n) is 3.10. The monoisotopic (exact) mass is 301 g/mol. The summed E-state index contributed by atoms with van der Waals surface area (Å²) in [5.74, 6) is 0.611. The molecule has 0 aromatic heterocycles. The summed E-state index contributed by atoms with van der Waals surface area (Å²) < 4.78 is 0. The highest BCUT2D eigenvalue weighted by atomic mass is 16.3. The van der Waals surface area contributed by atoms with Crippen molar-refractivity contribution in [3.63, 3.8) is 0 Å². The summed E-state index contributed by atoms with van der Waals surface area (Å²) in [6.07, 6.45) is 4.07. The lowest BCUT2D eigenvalue weighted by Crippen LogP contribution is -2.26. The fourth-order valence-corrected chi connectivity index (χ4v) is 2.18. The van der Waals surface area contributed by atoms with Crippen LogP contribution in [0.2, 0.25) is 0 Å². The number of amidine groups is 1. The summed E-state index contributed by atoms with van der Waals surface area (Å²) in [4.78, 5) is 16.0. The third-order valence-corrected chi connectivity index (χ3v) is 3.10. The lowest BCUT2D eigenvalue weighted by Gasteiger charge is -2.14. The Labute approximate surface area is 131 Å². The molecule has 0 spiro atoms. The van der Waals surface area contributed by atoms with Gasteiger partial charge < -0.3 is 15.8 Å². The second kappa shape index (κ2) is 7.54. The second-order valence-corrected chi connectivity index (χ2v) is 5.36. The number of aliphatic hydroxyl groups excluding tert-OH is 1. The van der Waals surface area contributed by atoms with E-state index in [4.69, 9.17) is 5.41 Å². The van der Waals surface area contributed by atoms with Crippen LogP contribution in [0, 0.1) is 5.41 Å². The summed E-state index contributed by atoms with van der Waals surface area (Å²) in [7, 11) is 0. The number of nitrogens with one attached hydrogen (secondary N) is 2. The van der Waals surface area contributed by atoms with E-state index in [1.165, 1.54) is 0 Å². The zero-order valence-corrected chi connectivity index (χ0v) is 13.6. The van der Waals surface area contributed by atoms with Crippen molar-refractivity contribution in [2.45, 2.75) is 40.5 Å². The Morgan fingerprint density at radius 1 is 1.32 bits per heavy atom. The molecular formula is C17H23N3O2. The van der Waals surface area contributed by atoms with E-state index >= 15 is 0 Å². The van der Waals surface area contributed by atoms with E-state index in [1.807, 2.05) is 6.92 Å². The molecule has 118 valence electrons. The average Bonchev–Trinajstić information content (AvgIpc) is 2.54. The Balaban J connectivity index is 3.52. The van der Waals surface area contributed by atoms with Crippen LogP contribution in [0.1, 0.15) is 40.5 Å². The van der Waals surface area contributed by atoms with Crippen molar-refractivity contribution in [3.8, 4) is 0 Å². The SMILES string of the molecule is C=C(C)C(=C\C=C(/C)O)/C(C(C)=N)=C1/CCC(=O)NC(C)=N1. The van der Waals surface area contributed by atoms with Gasteiger partial charge in [-0.2, -0.15) is 0 Å². The van der Waals surface area contributed by atoms with Gasteiger partial charge in [0, 0.05) is 17.7 Å². The van der Waals surface area contributed by atoms with Crippen LogP contribution in [0.3, 0.4) is 0 Å². The summed E-state index contributed by atoms with van der Waals surface area (Å²) in [5.41, 5.74) is 3.19. The Hall–Kier alpha value is -2.43. The molecule has 3 N–H and O–H groups in total. The van der Waals surface area contributed by atoms with Gasteiger partial charge >= 0.3 is 0 Å². The highest BCUT2D eigenvalue weighted by molar-refractivity contribution is 6.04. The normalized spacial score (nSPS) is 19.1. The molecule has 0 bridgehead atoms. The third kappa shape index (κ3) is 4.84. The molecule has 5 nitrogen and oxygen atoms in total. The van der Waals surface area contributed by atoms with E-state index in [0.29, 0.717) is 35.7 Å². The van der Waals surface area contributed by atoms with Gasteiger partial charge in [0.15, 0.2) is 0 Å². The minimum absolute atomic E-state index is 0.0785. The van der Waals surface area contributed by atoms with E-state index < -0.39 is 0 Å². The Kier molecular flexibility index (Phi) is 6.04. The lowest BCUT2D eigenvalue weighted by atomic mass is 9.92. The number of rotatable bonds is 4. The first-order chi connectivity index (χ1) is 10.2. The highest BCUT2D eigenvalue weighted by Crippen LogP contribution is 2.27. The van der Waals surface area contributed by atoms with Crippen molar-refractivity contribution in [1.82, 2.24) is 5.32 Å². The molecule has 5 heteroatoms. The molecule has 0 aliphatic carbocycles. The predicted octanol–water partition coefficient (Wildman–Crippen LogP) is 3.57. The molecule has 1 heterocycles. The van der Waals surface area contributed by atoms with Gasteiger partial charge in [0.05, 0.1) is 11.5 Å². The van der Waals surface area contributed by atoms with Crippen LogP contribution in [0.4, 0.5) is 0 Å². The van der Waals surface area contributed by atoms with E-state index in [2.05, 4.69) is 16.9 Å². The lowest BCUT2D eigenvalue weighted by molar-refractivity contribution is -0.119. The van der Waals surface area contributed by atoms with Crippen molar-refractivity contribution >= 4 is 17.5 Å². The van der Waals surface area contributed by atoms with Gasteiger partial charge in [0.25, 0.3) is 0 Å². The second-order valence-electron chi connectivity index (χ2n) is 5.36. The van der Waals surface area contributed by atoms with Gasteiger partial charge in [-0.3, -0.25) is 4.79 Å². The fourth-order valence-electron chi connectivity index (χ4n) is 2.18. The predicted molar refractivity (Wildman–Crippen MR) is 90.2 cm³/mol. The van der Waals surface area contributed by atoms with E-state index in [0.717, 1.165) is 11.1 Å². The van der Waals surface area contributed by atoms with Gasteiger partial charge in [-0.05, 0) is 45.8 Å². The number of amides is 1. The van der Waals surface area contributed by atoms with Gasteiger partial charge in [0.2, 0.25) is 5.91 Å². The number of aliphatic imine (C=N–C) groups is 1. The van der Waals surface area contributed by atoms with Crippen LogP contribution in [-0.4, -0.2) is 22.6 Å². The van der Waals surface area contributed by atoms with Crippen LogP contribution in [0.5, 0.6) is 0 Å². The van der Waals surface area contributed by atoms with E-state index in [-0.39, 0.29) is 11.7 Å². The molecule has 0 aromatic carbocycles. The zero-order valence-electron chi connectivity index (χ0n) is 13.6. The summed E-state index contributed by atoms with van der Waals surface area (Å²) in [5, 5.41) is 20.2. The molecule has 1 aliphatic rings. The zero-order chi connectivity index (χ0) is 16.9. The molecule has 0 atom stereocenters. The summed E-state index contributed by atoms with van der Waals surface area (Å²) in [6.45, 7) is 10.8. The maximum atomic E-state index is 11.6. The first-order valence-electron chi connectivity index (χ1n) is 7.10. The largest absolute Gasteiger partial charge is 0.513 e. The van der Waals surface area contributed by atoms with Crippen molar-refractivity contribution in [1.29, 1.82) is 5.41 Å². The van der Waals surface area contributed by atoms with Crippen LogP contribution < -0.4 is 5.32 Å². The standard InChI is InChI=1S/C17H23N3O2/c1-10(2)14(7-6-11(3)21)17(12(4)18)15-8-9-16(22)20-13(5)19-15/h6-7,18,21H,1,8-9H2,2-5H3,(H,19,20,22)/b11-6+,14-7+,17-15-,18-12?. The van der Waals surface area contributed by atoms with Gasteiger partial charge in [-0.1, -0.05) is 18.2 Å². The molecule has 0 saturated carbocycles. The van der Waals surface area contributed by atoms with Crippen molar-refractivity contribution in [2.75, 3.05) is 0 Å². The Morgan fingerprint density at radius 2 is 1.95 bits per heavy atom. The van der Waals surface area contributed by atoms with Crippen molar-refractivity contribution < 1.29 is 9.90 Å². The topological polar surface area (TPSA) is 85.5 Å². The van der Waals surface area contributed by atoms with Crippen LogP contribution in [0.15, 0.2) is 51.9 Å². The van der Waals surface area contributed by atoms with E-state index in [9.17, 15) is 9.90 Å². The molecule has 0 fully saturated rings. The molecule has 0 aromatic rings. The molecule has 1 aliphatic heterocycles. The molecule has 1 amide bonds. The van der Waals surface area contributed by atoms with Crippen LogP contribution >= 0.6 is 0 Å². The number of hydrogen-bond acceptors (Lipinski definition) is 4. The smallest absolute Gasteiger partial charge is 0.225 e. The molecule has 1 rings (SSSR count). The molecule has 0 unspecified atom stereocenters. The number of aliphatic hydroxyl groups is 1. The van der Waals surface area contributed by atoms with Crippen LogP contribution in [0.25, 0.3) is 0 Å². The first-order valence-corrected chi connectivity index (χ1v) is 7.10. The Morgan fingerprint density at radius 3 is 2.45 bits per heavy atom. The Bertz CT molecular complexity index is 630. The number of allylic oxidation sites excluding steroid dienone is 7. The molecule has 22 heavy (non-hydrogen) atoms. The van der Waals surface area contributed by atoms with Crippen molar-refractivity contribution in [2.24, 2.45) is 4.99 Å². The summed E-state index contributed by atoms with van der Waals surface area (Å²) in [6, 6.07) is 0. The average molecular weight is 301 g/mol. The number of nitrogens with zero attached hydrogens (tertiary/aromatic N) is 1. The van der Waals surface area contributed by atoms with Crippen LogP contribution in [-0.2, 0) is 4.79 Å². The molecule has 0 saturated heterocycles. The minimum atomic E-state index is -0.0785. The van der Waals surface area contributed by atoms with Gasteiger partial charge in [-0.15, -0.1) is 0 Å². The minimum Gasteiger partial charge on any atom is -0.513 e. The van der Waals surface area contributed by atoms with Gasteiger partial charge in [-0.25, -0.2) is 4.99 Å². The number of carbonyl (C=O) groups is 1. The fraction of sp³-hybridized carbons (Fsp3) is 0.353. The number of hydrogen-bond donors (Lipinski definition) is 3. The molecular weight excluding hydrogens is 278 g/mol. The van der Waals surface area contributed by atoms with Crippen molar-refractivity contribution in [3.05, 3.63) is 46.9 Å². The molecule has 0 radical (unpaired) electrons. The maximum absolute atomic E-state index is 11.6. The first kappa shape index (κ1) is 17.6. The quantitative estimate of drug-likeness (QED) is 0.421. The number of carbonyl (C=O) groups excluding carboxylic acids is 1. The maximum Gasteiger partial charge on any atom is 0.225 e. The highest BCUT2D eigenvalue weighted by Gasteiger charge is 2.18.